The summed E-state index contributed by atoms with van der Waals surface area (Å²) in [5.41, 5.74) is 0.549. The number of ether oxygens (including phenoxy) is 1. The Balaban J connectivity index is 2.41. The van der Waals surface area contributed by atoms with E-state index in [9.17, 15) is 9.59 Å². The van der Waals surface area contributed by atoms with Gasteiger partial charge in [-0.15, -0.1) is 0 Å². The van der Waals surface area contributed by atoms with Gasteiger partial charge in [-0.3, -0.25) is 0 Å². The van der Waals surface area contributed by atoms with Crippen LogP contribution in [0.5, 0.6) is 5.75 Å². The standard InChI is InChI=1S/C14H20N2O4S/c1-10(21-2)6-7-15-14(19)16-11-4-3-5-12(8-11)20-9-13(17)18/h3-5,8,10H,6-7,9H2,1-2H3,(H,17,18)(H2,15,16,19). The average molecular weight is 312 g/mol. The molecule has 0 bridgehead atoms. The van der Waals surface area contributed by atoms with Crippen LogP contribution in [0.15, 0.2) is 24.3 Å². The van der Waals surface area contributed by atoms with Crippen molar-refractivity contribution in [1.29, 1.82) is 0 Å². The van der Waals surface area contributed by atoms with Crippen LogP contribution < -0.4 is 15.4 Å². The molecule has 6 nitrogen and oxygen atoms in total. The molecule has 1 unspecified atom stereocenters. The van der Waals surface area contributed by atoms with E-state index in [4.69, 9.17) is 9.84 Å². The molecule has 1 atom stereocenters. The van der Waals surface area contributed by atoms with E-state index in [1.54, 1.807) is 36.0 Å². The van der Waals surface area contributed by atoms with Crippen molar-refractivity contribution in [1.82, 2.24) is 5.32 Å². The first-order valence-corrected chi connectivity index (χ1v) is 7.82. The Kier molecular flexibility index (Phi) is 7.45. The number of urea groups is 1. The van der Waals surface area contributed by atoms with Crippen molar-refractivity contribution in [3.63, 3.8) is 0 Å². The fraction of sp³-hybridized carbons (Fsp3) is 0.429. The first-order valence-electron chi connectivity index (χ1n) is 6.53. The van der Waals surface area contributed by atoms with E-state index in [0.717, 1.165) is 6.42 Å². The third-order valence-corrected chi connectivity index (χ3v) is 3.73. The lowest BCUT2D eigenvalue weighted by molar-refractivity contribution is -0.139. The molecule has 21 heavy (non-hydrogen) atoms. The van der Waals surface area contributed by atoms with Crippen LogP contribution in [-0.2, 0) is 4.79 Å². The molecular weight excluding hydrogens is 292 g/mol. The molecule has 7 heteroatoms. The Bertz CT molecular complexity index is 482. The molecule has 2 amide bonds. The first kappa shape index (κ1) is 17.2. The fourth-order valence-corrected chi connectivity index (χ4v) is 1.84. The second-order valence-corrected chi connectivity index (χ2v) is 5.70. The number of anilines is 1. The zero-order valence-corrected chi connectivity index (χ0v) is 12.9. The summed E-state index contributed by atoms with van der Waals surface area (Å²) in [7, 11) is 0. The van der Waals surface area contributed by atoms with Crippen LogP contribution in [0.1, 0.15) is 13.3 Å². The lowest BCUT2D eigenvalue weighted by Gasteiger charge is -2.11. The molecule has 0 fully saturated rings. The molecule has 116 valence electrons. The molecule has 0 saturated carbocycles. The van der Waals surface area contributed by atoms with E-state index in [1.807, 2.05) is 6.26 Å². The highest BCUT2D eigenvalue weighted by Crippen LogP contribution is 2.17. The Morgan fingerprint density at radius 3 is 2.86 bits per heavy atom. The molecule has 0 saturated heterocycles. The lowest BCUT2D eigenvalue weighted by Crippen LogP contribution is -2.30. The van der Waals surface area contributed by atoms with Crippen molar-refractivity contribution in [2.24, 2.45) is 0 Å². The molecule has 0 aliphatic heterocycles. The van der Waals surface area contributed by atoms with Crippen molar-refractivity contribution in [2.75, 3.05) is 24.7 Å². The van der Waals surface area contributed by atoms with Gasteiger partial charge in [0.1, 0.15) is 5.75 Å². The summed E-state index contributed by atoms with van der Waals surface area (Å²) in [6.45, 7) is 2.29. The summed E-state index contributed by atoms with van der Waals surface area (Å²) in [6, 6.07) is 6.30. The molecule has 0 spiro atoms. The maximum Gasteiger partial charge on any atom is 0.341 e. The summed E-state index contributed by atoms with van der Waals surface area (Å²) in [5, 5.41) is 14.5. The van der Waals surface area contributed by atoms with Gasteiger partial charge < -0.3 is 20.5 Å². The molecule has 0 aliphatic rings. The highest BCUT2D eigenvalue weighted by molar-refractivity contribution is 7.99. The van der Waals surface area contributed by atoms with Crippen molar-refractivity contribution in [2.45, 2.75) is 18.6 Å². The summed E-state index contributed by atoms with van der Waals surface area (Å²) >= 11 is 1.75. The summed E-state index contributed by atoms with van der Waals surface area (Å²) in [4.78, 5) is 22.1. The van der Waals surface area contributed by atoms with Crippen LogP contribution in [-0.4, -0.2) is 41.8 Å². The van der Waals surface area contributed by atoms with Crippen LogP contribution in [0.4, 0.5) is 10.5 Å². The molecule has 1 rings (SSSR count). The zero-order valence-electron chi connectivity index (χ0n) is 12.1. The van der Waals surface area contributed by atoms with Gasteiger partial charge in [0.05, 0.1) is 0 Å². The van der Waals surface area contributed by atoms with Gasteiger partial charge in [0, 0.05) is 23.5 Å². The largest absolute Gasteiger partial charge is 0.482 e. The van der Waals surface area contributed by atoms with Crippen molar-refractivity contribution < 1.29 is 19.4 Å². The molecule has 3 N–H and O–H groups in total. The van der Waals surface area contributed by atoms with E-state index >= 15 is 0 Å². The lowest BCUT2D eigenvalue weighted by atomic mass is 10.3. The molecular formula is C14H20N2O4S. The van der Waals surface area contributed by atoms with Gasteiger partial charge >= 0.3 is 12.0 Å². The normalized spacial score (nSPS) is 11.5. The summed E-state index contributed by atoms with van der Waals surface area (Å²) in [5.74, 6) is -0.653. The van der Waals surface area contributed by atoms with Crippen LogP contribution in [0.25, 0.3) is 0 Å². The number of benzene rings is 1. The number of nitrogens with one attached hydrogen (secondary N) is 2. The summed E-state index contributed by atoms with van der Waals surface area (Å²) < 4.78 is 5.04. The van der Waals surface area contributed by atoms with Crippen LogP contribution in [0, 0.1) is 0 Å². The highest BCUT2D eigenvalue weighted by Gasteiger charge is 2.05. The Morgan fingerprint density at radius 2 is 2.19 bits per heavy atom. The second-order valence-electron chi connectivity index (χ2n) is 4.43. The van der Waals surface area contributed by atoms with E-state index in [1.165, 1.54) is 0 Å². The topological polar surface area (TPSA) is 87.7 Å². The number of aliphatic carboxylic acids is 1. The molecule has 1 aromatic carbocycles. The number of carboxylic acids is 1. The SMILES string of the molecule is CSC(C)CCNC(=O)Nc1cccc(OCC(=O)O)c1. The predicted octanol–water partition coefficient (Wildman–Crippen LogP) is 2.41. The van der Waals surface area contributed by atoms with Crippen LogP contribution >= 0.6 is 11.8 Å². The minimum absolute atomic E-state index is 0.293. The number of rotatable bonds is 8. The van der Waals surface area contributed by atoms with Crippen molar-refractivity contribution in [3.8, 4) is 5.75 Å². The number of carbonyl (C=O) groups excluding carboxylic acids is 1. The maximum atomic E-state index is 11.7. The Labute approximate surface area is 128 Å². The molecule has 0 aromatic heterocycles. The van der Waals surface area contributed by atoms with E-state index in [-0.39, 0.29) is 6.03 Å². The van der Waals surface area contributed by atoms with Gasteiger partial charge in [0.25, 0.3) is 0 Å². The van der Waals surface area contributed by atoms with E-state index in [2.05, 4.69) is 17.6 Å². The maximum absolute atomic E-state index is 11.7. The van der Waals surface area contributed by atoms with Gasteiger partial charge in [0.2, 0.25) is 0 Å². The minimum Gasteiger partial charge on any atom is -0.482 e. The monoisotopic (exact) mass is 312 g/mol. The van der Waals surface area contributed by atoms with Gasteiger partial charge in [-0.25, -0.2) is 9.59 Å². The van der Waals surface area contributed by atoms with Gasteiger partial charge in [-0.2, -0.15) is 11.8 Å². The van der Waals surface area contributed by atoms with Crippen LogP contribution in [0.3, 0.4) is 0 Å². The van der Waals surface area contributed by atoms with Gasteiger partial charge in [0.15, 0.2) is 6.61 Å². The van der Waals surface area contributed by atoms with Crippen molar-refractivity contribution >= 4 is 29.4 Å². The smallest absolute Gasteiger partial charge is 0.341 e. The Morgan fingerprint density at radius 1 is 1.43 bits per heavy atom. The summed E-state index contributed by atoms with van der Waals surface area (Å²) in [6.07, 6.45) is 2.93. The molecule has 1 aromatic rings. The van der Waals surface area contributed by atoms with Gasteiger partial charge in [-0.1, -0.05) is 13.0 Å². The first-order chi connectivity index (χ1) is 10.0. The molecule has 0 aliphatic carbocycles. The quantitative estimate of drug-likeness (QED) is 0.686. The third-order valence-electron chi connectivity index (χ3n) is 2.69. The predicted molar refractivity (Wildman–Crippen MR) is 84.2 cm³/mol. The molecule has 0 heterocycles. The third kappa shape index (κ3) is 7.45. The molecule has 0 radical (unpaired) electrons. The van der Waals surface area contributed by atoms with Gasteiger partial charge in [-0.05, 0) is 24.8 Å². The fourth-order valence-electron chi connectivity index (χ4n) is 1.49. The second kappa shape index (κ2) is 9.12. The zero-order chi connectivity index (χ0) is 15.7. The minimum atomic E-state index is -1.05. The highest BCUT2D eigenvalue weighted by atomic mass is 32.2. The number of carboxylic acid groups (broad SMARTS) is 1. The Hall–Kier alpha value is -1.89. The number of amides is 2. The number of thioether (sulfide) groups is 1. The van der Waals surface area contributed by atoms with E-state index < -0.39 is 12.6 Å². The van der Waals surface area contributed by atoms with E-state index in [0.29, 0.717) is 23.2 Å². The number of carbonyl (C=O) groups is 2. The number of hydrogen-bond acceptors (Lipinski definition) is 4. The number of hydrogen-bond donors (Lipinski definition) is 3. The average Bonchev–Trinajstić information content (AvgIpc) is 2.45. The van der Waals surface area contributed by atoms with Crippen LogP contribution in [0.2, 0.25) is 0 Å². The van der Waals surface area contributed by atoms with Crippen molar-refractivity contribution in [3.05, 3.63) is 24.3 Å².